The van der Waals surface area contributed by atoms with Gasteiger partial charge in [0.05, 0.1) is 12.7 Å². The molecule has 0 unspecified atom stereocenters. The number of nitrogens with one attached hydrogen (secondary N) is 1. The maximum absolute atomic E-state index is 5.99. The standard InChI is InChI=1S/C18H35NO/c1-18(2,3)15-9-11-16(12-10-15)19-13-14-20-17-7-5-4-6-8-17/h15-17,19H,4-14H2,1-3H3. The molecule has 0 bridgehead atoms. The van der Waals surface area contributed by atoms with E-state index in [9.17, 15) is 0 Å². The minimum Gasteiger partial charge on any atom is -0.377 e. The van der Waals surface area contributed by atoms with Crippen LogP contribution in [-0.2, 0) is 4.74 Å². The Morgan fingerprint density at radius 3 is 2.15 bits per heavy atom. The maximum Gasteiger partial charge on any atom is 0.0594 e. The van der Waals surface area contributed by atoms with Gasteiger partial charge in [-0.1, -0.05) is 40.0 Å². The molecule has 2 rings (SSSR count). The lowest BCUT2D eigenvalue weighted by Gasteiger charge is -2.37. The summed E-state index contributed by atoms with van der Waals surface area (Å²) in [4.78, 5) is 0. The van der Waals surface area contributed by atoms with Gasteiger partial charge >= 0.3 is 0 Å². The molecular formula is C18H35NO. The second-order valence-corrected chi connectivity index (χ2v) is 8.00. The molecule has 20 heavy (non-hydrogen) atoms. The third-order valence-corrected chi connectivity index (χ3v) is 5.39. The van der Waals surface area contributed by atoms with E-state index in [0.717, 1.165) is 25.1 Å². The summed E-state index contributed by atoms with van der Waals surface area (Å²) in [5.74, 6) is 0.916. The van der Waals surface area contributed by atoms with E-state index >= 15 is 0 Å². The van der Waals surface area contributed by atoms with Crippen LogP contribution in [0.4, 0.5) is 0 Å². The van der Waals surface area contributed by atoms with Gasteiger partial charge in [-0.2, -0.15) is 0 Å². The largest absolute Gasteiger partial charge is 0.377 e. The van der Waals surface area contributed by atoms with Crippen LogP contribution in [0, 0.1) is 11.3 Å². The fourth-order valence-electron chi connectivity index (χ4n) is 3.88. The predicted octanol–water partition coefficient (Wildman–Crippen LogP) is 4.53. The van der Waals surface area contributed by atoms with Crippen LogP contribution in [0.1, 0.15) is 78.6 Å². The molecule has 0 saturated heterocycles. The molecule has 0 aromatic rings. The van der Waals surface area contributed by atoms with E-state index in [1.165, 1.54) is 57.8 Å². The predicted molar refractivity (Wildman–Crippen MR) is 86.0 cm³/mol. The number of rotatable bonds is 5. The van der Waals surface area contributed by atoms with Gasteiger partial charge in [0.1, 0.15) is 0 Å². The summed E-state index contributed by atoms with van der Waals surface area (Å²) in [7, 11) is 0. The third kappa shape index (κ3) is 5.37. The van der Waals surface area contributed by atoms with Crippen molar-refractivity contribution in [3.05, 3.63) is 0 Å². The van der Waals surface area contributed by atoms with E-state index in [2.05, 4.69) is 26.1 Å². The fourth-order valence-corrected chi connectivity index (χ4v) is 3.88. The van der Waals surface area contributed by atoms with E-state index < -0.39 is 0 Å². The molecule has 0 aliphatic heterocycles. The Bertz CT molecular complexity index is 257. The van der Waals surface area contributed by atoms with Crippen molar-refractivity contribution in [3.8, 4) is 0 Å². The molecule has 0 radical (unpaired) electrons. The van der Waals surface area contributed by atoms with Gasteiger partial charge in [0.25, 0.3) is 0 Å². The molecule has 2 nitrogen and oxygen atoms in total. The first-order chi connectivity index (χ1) is 9.55. The van der Waals surface area contributed by atoms with Crippen molar-refractivity contribution in [1.82, 2.24) is 5.32 Å². The molecule has 2 saturated carbocycles. The summed E-state index contributed by atoms with van der Waals surface area (Å²) in [5.41, 5.74) is 0.495. The molecule has 0 aromatic carbocycles. The van der Waals surface area contributed by atoms with Crippen molar-refractivity contribution in [3.63, 3.8) is 0 Å². The molecule has 0 aromatic heterocycles. The van der Waals surface area contributed by atoms with Crippen molar-refractivity contribution in [2.45, 2.75) is 90.7 Å². The van der Waals surface area contributed by atoms with E-state index in [-0.39, 0.29) is 0 Å². The Morgan fingerprint density at radius 2 is 1.55 bits per heavy atom. The highest BCUT2D eigenvalue weighted by molar-refractivity contribution is 4.83. The van der Waals surface area contributed by atoms with Crippen molar-refractivity contribution < 1.29 is 4.74 Å². The monoisotopic (exact) mass is 281 g/mol. The minimum atomic E-state index is 0.495. The Labute approximate surface area is 126 Å². The molecule has 0 amide bonds. The van der Waals surface area contributed by atoms with Gasteiger partial charge in [0.15, 0.2) is 0 Å². The highest BCUT2D eigenvalue weighted by Crippen LogP contribution is 2.37. The number of ether oxygens (including phenoxy) is 1. The first-order valence-electron chi connectivity index (χ1n) is 8.90. The van der Waals surface area contributed by atoms with Gasteiger partial charge < -0.3 is 10.1 Å². The molecule has 2 aliphatic carbocycles. The Hall–Kier alpha value is -0.0800. The summed E-state index contributed by atoms with van der Waals surface area (Å²) in [6.07, 6.45) is 12.8. The quantitative estimate of drug-likeness (QED) is 0.748. The van der Waals surface area contributed by atoms with Gasteiger partial charge in [-0.25, -0.2) is 0 Å². The molecule has 0 atom stereocenters. The summed E-state index contributed by atoms with van der Waals surface area (Å²) in [6, 6.07) is 0.739. The minimum absolute atomic E-state index is 0.495. The maximum atomic E-state index is 5.99. The zero-order valence-corrected chi connectivity index (χ0v) is 13.9. The summed E-state index contributed by atoms with van der Waals surface area (Å²) >= 11 is 0. The highest BCUT2D eigenvalue weighted by Gasteiger charge is 2.29. The molecule has 2 fully saturated rings. The Kier molecular flexibility index (Phi) is 6.35. The molecule has 0 spiro atoms. The van der Waals surface area contributed by atoms with Gasteiger partial charge in [-0.05, 0) is 49.9 Å². The Balaban J connectivity index is 1.53. The van der Waals surface area contributed by atoms with Crippen LogP contribution in [0.2, 0.25) is 0 Å². The summed E-state index contributed by atoms with van der Waals surface area (Å²) in [5, 5.41) is 3.71. The summed E-state index contributed by atoms with van der Waals surface area (Å²) in [6.45, 7) is 9.13. The van der Waals surface area contributed by atoms with Crippen LogP contribution < -0.4 is 5.32 Å². The van der Waals surface area contributed by atoms with Crippen molar-refractivity contribution >= 4 is 0 Å². The topological polar surface area (TPSA) is 21.3 Å². The third-order valence-electron chi connectivity index (χ3n) is 5.39. The van der Waals surface area contributed by atoms with E-state index in [4.69, 9.17) is 4.74 Å². The van der Waals surface area contributed by atoms with E-state index in [0.29, 0.717) is 11.5 Å². The van der Waals surface area contributed by atoms with Gasteiger partial charge in [0, 0.05) is 12.6 Å². The normalized spacial score (nSPS) is 29.6. The van der Waals surface area contributed by atoms with Crippen LogP contribution in [-0.4, -0.2) is 25.3 Å². The van der Waals surface area contributed by atoms with Gasteiger partial charge in [0.2, 0.25) is 0 Å². The number of hydrogen-bond donors (Lipinski definition) is 1. The molecule has 1 N–H and O–H groups in total. The summed E-state index contributed by atoms with van der Waals surface area (Å²) < 4.78 is 5.99. The SMILES string of the molecule is CC(C)(C)C1CCC(NCCOC2CCCCC2)CC1. The Morgan fingerprint density at radius 1 is 0.900 bits per heavy atom. The zero-order valence-electron chi connectivity index (χ0n) is 13.9. The van der Waals surface area contributed by atoms with Crippen molar-refractivity contribution in [2.24, 2.45) is 11.3 Å². The zero-order chi connectivity index (χ0) is 14.4. The van der Waals surface area contributed by atoms with Crippen LogP contribution >= 0.6 is 0 Å². The lowest BCUT2D eigenvalue weighted by atomic mass is 9.71. The number of hydrogen-bond acceptors (Lipinski definition) is 2. The average Bonchev–Trinajstić information content (AvgIpc) is 2.44. The average molecular weight is 281 g/mol. The van der Waals surface area contributed by atoms with E-state index in [1.54, 1.807) is 0 Å². The van der Waals surface area contributed by atoms with Gasteiger partial charge in [-0.15, -0.1) is 0 Å². The lowest BCUT2D eigenvalue weighted by Crippen LogP contribution is -2.38. The second kappa shape index (κ2) is 7.79. The van der Waals surface area contributed by atoms with Gasteiger partial charge in [-0.3, -0.25) is 0 Å². The van der Waals surface area contributed by atoms with Crippen molar-refractivity contribution in [2.75, 3.05) is 13.2 Å². The molecule has 118 valence electrons. The van der Waals surface area contributed by atoms with Crippen molar-refractivity contribution in [1.29, 1.82) is 0 Å². The molecular weight excluding hydrogens is 246 g/mol. The fraction of sp³-hybridized carbons (Fsp3) is 1.00. The van der Waals surface area contributed by atoms with Crippen LogP contribution in [0.5, 0.6) is 0 Å². The molecule has 2 aliphatic rings. The van der Waals surface area contributed by atoms with Crippen LogP contribution in [0.3, 0.4) is 0 Å². The lowest BCUT2D eigenvalue weighted by molar-refractivity contribution is 0.0283. The first-order valence-corrected chi connectivity index (χ1v) is 8.90. The smallest absolute Gasteiger partial charge is 0.0594 e. The van der Waals surface area contributed by atoms with Crippen LogP contribution in [0.15, 0.2) is 0 Å². The van der Waals surface area contributed by atoms with E-state index in [1.807, 2.05) is 0 Å². The highest BCUT2D eigenvalue weighted by atomic mass is 16.5. The van der Waals surface area contributed by atoms with Crippen LogP contribution in [0.25, 0.3) is 0 Å². The molecule has 2 heteroatoms. The first kappa shape index (κ1) is 16.3. The second-order valence-electron chi connectivity index (χ2n) is 8.00. The molecule has 0 heterocycles.